The summed E-state index contributed by atoms with van der Waals surface area (Å²) in [7, 11) is 0. The first kappa shape index (κ1) is 8.94. The van der Waals surface area contributed by atoms with Crippen LogP contribution in [0.5, 0.6) is 0 Å². The first-order chi connectivity index (χ1) is 6.83. The Morgan fingerprint density at radius 3 is 2.71 bits per heavy atom. The third-order valence-electron chi connectivity index (χ3n) is 2.41. The number of carbonyl (C=O) groups excluding carboxylic acids is 1. The summed E-state index contributed by atoms with van der Waals surface area (Å²) in [6, 6.07) is 9.81. The summed E-state index contributed by atoms with van der Waals surface area (Å²) in [4.78, 5) is 11.4. The van der Waals surface area contributed by atoms with Crippen molar-refractivity contribution in [1.82, 2.24) is 5.43 Å². The fourth-order valence-corrected chi connectivity index (χ4v) is 1.65. The van der Waals surface area contributed by atoms with Crippen molar-refractivity contribution in [3.05, 3.63) is 35.9 Å². The van der Waals surface area contributed by atoms with E-state index in [2.05, 4.69) is 10.5 Å². The van der Waals surface area contributed by atoms with Gasteiger partial charge in [-0.25, -0.2) is 5.43 Å². The van der Waals surface area contributed by atoms with Crippen molar-refractivity contribution < 1.29 is 4.79 Å². The largest absolute Gasteiger partial charge is 0.272 e. The van der Waals surface area contributed by atoms with Gasteiger partial charge in [0.25, 0.3) is 0 Å². The molecule has 1 aromatic rings. The molecule has 3 heteroatoms. The molecule has 1 heterocycles. The lowest BCUT2D eigenvalue weighted by Crippen LogP contribution is -2.22. The predicted octanol–water partition coefficient (Wildman–Crippen LogP) is 1.55. The van der Waals surface area contributed by atoms with Crippen LogP contribution in [-0.2, 0) is 4.79 Å². The van der Waals surface area contributed by atoms with E-state index in [1.165, 1.54) is 0 Å². The average molecular weight is 188 g/mol. The normalized spacial score (nSPS) is 20.5. The summed E-state index contributed by atoms with van der Waals surface area (Å²) in [6.07, 6.45) is 0.791. The number of carbonyl (C=O) groups is 1. The highest BCUT2D eigenvalue weighted by molar-refractivity contribution is 6.16. The molecular formula is C11H12N2O. The molecule has 0 fully saturated rings. The molecule has 1 N–H and O–H groups in total. The molecule has 1 atom stereocenters. The van der Waals surface area contributed by atoms with E-state index in [9.17, 15) is 4.79 Å². The fraction of sp³-hybridized carbons (Fsp3) is 0.273. The number of nitrogens with zero attached hydrogens (tertiary/aromatic N) is 1. The average Bonchev–Trinajstić information content (AvgIpc) is 2.61. The number of rotatable bonds is 2. The van der Waals surface area contributed by atoms with Gasteiger partial charge in [0.15, 0.2) is 0 Å². The highest BCUT2D eigenvalue weighted by Gasteiger charge is 2.28. The minimum absolute atomic E-state index is 0.00588. The van der Waals surface area contributed by atoms with Crippen LogP contribution in [0, 0.1) is 5.92 Å². The van der Waals surface area contributed by atoms with E-state index < -0.39 is 0 Å². The summed E-state index contributed by atoms with van der Waals surface area (Å²) in [5.41, 5.74) is 4.40. The Kier molecular flexibility index (Phi) is 2.31. The maximum Gasteiger partial charge on any atom is 0.249 e. The van der Waals surface area contributed by atoms with Gasteiger partial charge >= 0.3 is 0 Å². The molecule has 0 bridgehead atoms. The smallest absolute Gasteiger partial charge is 0.249 e. The van der Waals surface area contributed by atoms with Crippen molar-refractivity contribution >= 4 is 11.6 Å². The second kappa shape index (κ2) is 3.62. The molecule has 0 saturated carbocycles. The maximum absolute atomic E-state index is 11.4. The molecule has 0 aromatic heterocycles. The van der Waals surface area contributed by atoms with Crippen LogP contribution in [0.4, 0.5) is 0 Å². The number of hydrazone groups is 1. The molecule has 1 aliphatic rings. The molecular weight excluding hydrogens is 176 g/mol. The van der Waals surface area contributed by atoms with Gasteiger partial charge in [0.1, 0.15) is 0 Å². The van der Waals surface area contributed by atoms with Crippen molar-refractivity contribution in [1.29, 1.82) is 0 Å². The minimum Gasteiger partial charge on any atom is -0.272 e. The van der Waals surface area contributed by atoms with Crippen LogP contribution in [0.25, 0.3) is 0 Å². The zero-order chi connectivity index (χ0) is 9.97. The number of hydrogen-bond acceptors (Lipinski definition) is 2. The van der Waals surface area contributed by atoms with Gasteiger partial charge in [-0.1, -0.05) is 37.3 Å². The maximum atomic E-state index is 11.4. The monoisotopic (exact) mass is 188 g/mol. The van der Waals surface area contributed by atoms with Crippen LogP contribution in [-0.4, -0.2) is 11.6 Å². The quantitative estimate of drug-likeness (QED) is 0.751. The van der Waals surface area contributed by atoms with E-state index in [1.807, 2.05) is 37.3 Å². The van der Waals surface area contributed by atoms with Crippen LogP contribution in [0.1, 0.15) is 18.9 Å². The molecule has 1 aromatic carbocycles. The van der Waals surface area contributed by atoms with Gasteiger partial charge in [0, 0.05) is 0 Å². The Balaban J connectivity index is 2.32. The third kappa shape index (κ3) is 1.41. The highest BCUT2D eigenvalue weighted by Crippen LogP contribution is 2.17. The van der Waals surface area contributed by atoms with Gasteiger partial charge in [-0.2, -0.15) is 5.10 Å². The molecule has 0 spiro atoms. The zero-order valence-electron chi connectivity index (χ0n) is 8.03. The van der Waals surface area contributed by atoms with Crippen molar-refractivity contribution in [3.8, 4) is 0 Å². The number of hydrogen-bond donors (Lipinski definition) is 1. The lowest BCUT2D eigenvalue weighted by Gasteiger charge is -2.06. The van der Waals surface area contributed by atoms with Gasteiger partial charge in [-0.15, -0.1) is 0 Å². The topological polar surface area (TPSA) is 41.5 Å². The number of amides is 1. The standard InChI is InChI=1S/C11H12N2O/c1-2-9-10(12-13-11(9)14)8-6-4-3-5-7-8/h3-7,9H,2H2,1H3,(H,13,14)/t9-/m0/s1. The van der Waals surface area contributed by atoms with Gasteiger partial charge in [-0.3, -0.25) is 4.79 Å². The van der Waals surface area contributed by atoms with Crippen molar-refractivity contribution in [2.24, 2.45) is 11.0 Å². The van der Waals surface area contributed by atoms with Crippen LogP contribution in [0.15, 0.2) is 35.4 Å². The Morgan fingerprint density at radius 2 is 2.07 bits per heavy atom. The second-order valence-electron chi connectivity index (χ2n) is 3.30. The van der Waals surface area contributed by atoms with Gasteiger partial charge in [0.2, 0.25) is 5.91 Å². The summed E-state index contributed by atoms with van der Waals surface area (Å²) in [5.74, 6) is -0.0799. The minimum atomic E-state index is -0.0857. The van der Waals surface area contributed by atoms with Gasteiger partial charge < -0.3 is 0 Å². The third-order valence-corrected chi connectivity index (χ3v) is 2.41. The molecule has 0 aliphatic carbocycles. The van der Waals surface area contributed by atoms with E-state index in [1.54, 1.807) is 0 Å². The first-order valence-electron chi connectivity index (χ1n) is 4.75. The molecule has 72 valence electrons. The van der Waals surface area contributed by atoms with Gasteiger partial charge in [-0.05, 0) is 12.0 Å². The molecule has 14 heavy (non-hydrogen) atoms. The summed E-state index contributed by atoms with van der Waals surface area (Å²) < 4.78 is 0. The van der Waals surface area contributed by atoms with Crippen molar-refractivity contribution in [3.63, 3.8) is 0 Å². The molecule has 0 radical (unpaired) electrons. The molecule has 3 nitrogen and oxygen atoms in total. The summed E-state index contributed by atoms with van der Waals surface area (Å²) in [5, 5.41) is 4.06. The molecule has 2 rings (SSSR count). The van der Waals surface area contributed by atoms with Crippen molar-refractivity contribution in [2.45, 2.75) is 13.3 Å². The van der Waals surface area contributed by atoms with E-state index in [0.29, 0.717) is 0 Å². The van der Waals surface area contributed by atoms with Gasteiger partial charge in [0.05, 0.1) is 11.6 Å². The van der Waals surface area contributed by atoms with E-state index in [0.717, 1.165) is 17.7 Å². The summed E-state index contributed by atoms with van der Waals surface area (Å²) >= 11 is 0. The molecule has 1 amide bonds. The van der Waals surface area contributed by atoms with Crippen molar-refractivity contribution in [2.75, 3.05) is 0 Å². The van der Waals surface area contributed by atoms with Crippen LogP contribution in [0.3, 0.4) is 0 Å². The Morgan fingerprint density at radius 1 is 1.36 bits per heavy atom. The van der Waals surface area contributed by atoms with Crippen LogP contribution < -0.4 is 5.43 Å². The fourth-order valence-electron chi connectivity index (χ4n) is 1.65. The zero-order valence-corrected chi connectivity index (χ0v) is 8.03. The first-order valence-corrected chi connectivity index (χ1v) is 4.75. The van der Waals surface area contributed by atoms with E-state index >= 15 is 0 Å². The Labute approximate surface area is 82.8 Å². The number of benzene rings is 1. The lowest BCUT2D eigenvalue weighted by atomic mass is 9.95. The molecule has 1 aliphatic heterocycles. The Hall–Kier alpha value is -1.64. The highest BCUT2D eigenvalue weighted by atomic mass is 16.2. The number of nitrogens with one attached hydrogen (secondary N) is 1. The lowest BCUT2D eigenvalue weighted by molar-refractivity contribution is -0.122. The predicted molar refractivity (Wildman–Crippen MR) is 54.9 cm³/mol. The Bertz CT molecular complexity index is 370. The van der Waals surface area contributed by atoms with Crippen LogP contribution >= 0.6 is 0 Å². The van der Waals surface area contributed by atoms with E-state index in [4.69, 9.17) is 0 Å². The van der Waals surface area contributed by atoms with Crippen LogP contribution in [0.2, 0.25) is 0 Å². The second-order valence-corrected chi connectivity index (χ2v) is 3.30. The molecule has 0 saturated heterocycles. The van der Waals surface area contributed by atoms with E-state index in [-0.39, 0.29) is 11.8 Å². The molecule has 0 unspecified atom stereocenters. The summed E-state index contributed by atoms with van der Waals surface area (Å²) in [6.45, 7) is 1.99. The SMILES string of the molecule is CC[C@@H]1C(=O)NN=C1c1ccccc1.